The average Bonchev–Trinajstić information content (AvgIpc) is 2.48. The molecule has 21 heavy (non-hydrogen) atoms. The van der Waals surface area contributed by atoms with Gasteiger partial charge in [0, 0.05) is 24.1 Å². The second kappa shape index (κ2) is 7.28. The third-order valence-electron chi connectivity index (χ3n) is 2.96. The first kappa shape index (κ1) is 14.8. The minimum atomic E-state index is -0.257. The number of benzene rings is 1. The molecule has 1 heterocycles. The van der Waals surface area contributed by atoms with E-state index in [1.165, 1.54) is 0 Å². The molecular weight excluding hydrogens is 266 g/mol. The second-order valence-electron chi connectivity index (χ2n) is 4.56. The van der Waals surface area contributed by atoms with E-state index >= 15 is 0 Å². The molecule has 2 N–H and O–H groups in total. The van der Waals surface area contributed by atoms with Crippen LogP contribution in [0.2, 0.25) is 0 Å². The van der Waals surface area contributed by atoms with Crippen molar-refractivity contribution in [1.29, 1.82) is 0 Å². The lowest BCUT2D eigenvalue weighted by Crippen LogP contribution is -2.31. The molecule has 0 fully saturated rings. The second-order valence-corrected chi connectivity index (χ2v) is 4.56. The van der Waals surface area contributed by atoms with Gasteiger partial charge in [-0.3, -0.25) is 4.98 Å². The topological polar surface area (TPSA) is 63.2 Å². The number of nitrogens with zero attached hydrogens (tertiary/aromatic N) is 1. The summed E-state index contributed by atoms with van der Waals surface area (Å²) >= 11 is 0. The van der Waals surface area contributed by atoms with E-state index in [-0.39, 0.29) is 12.1 Å². The molecule has 5 nitrogen and oxygen atoms in total. The fourth-order valence-electron chi connectivity index (χ4n) is 1.93. The molecule has 1 aromatic heterocycles. The number of urea groups is 1. The van der Waals surface area contributed by atoms with Gasteiger partial charge in [-0.25, -0.2) is 4.79 Å². The molecule has 1 unspecified atom stereocenters. The fourth-order valence-corrected chi connectivity index (χ4v) is 1.93. The molecule has 0 spiro atoms. The van der Waals surface area contributed by atoms with Gasteiger partial charge in [0.1, 0.15) is 5.75 Å². The summed E-state index contributed by atoms with van der Waals surface area (Å²) in [7, 11) is 0. The maximum atomic E-state index is 12.0. The van der Waals surface area contributed by atoms with Crippen molar-refractivity contribution >= 4 is 11.7 Å². The van der Waals surface area contributed by atoms with Crippen LogP contribution in [0.5, 0.6) is 5.75 Å². The standard InChI is InChI=1S/C16H19N3O2/c1-3-21-15-6-4-5-14(11-15)19-16(20)18-12(2)13-7-9-17-10-8-13/h4-12H,3H2,1-2H3,(H2,18,19,20). The lowest BCUT2D eigenvalue weighted by atomic mass is 10.1. The number of hydrogen-bond acceptors (Lipinski definition) is 3. The van der Waals surface area contributed by atoms with Crippen molar-refractivity contribution in [3.8, 4) is 5.75 Å². The molecule has 0 aliphatic carbocycles. The quantitative estimate of drug-likeness (QED) is 0.885. The van der Waals surface area contributed by atoms with Crippen LogP contribution in [-0.2, 0) is 0 Å². The van der Waals surface area contributed by atoms with Crippen molar-refractivity contribution in [3.05, 3.63) is 54.4 Å². The van der Waals surface area contributed by atoms with Crippen molar-refractivity contribution in [3.63, 3.8) is 0 Å². The fraction of sp³-hybridized carbons (Fsp3) is 0.250. The number of rotatable bonds is 5. The van der Waals surface area contributed by atoms with Crippen molar-refractivity contribution in [1.82, 2.24) is 10.3 Å². The normalized spacial score (nSPS) is 11.5. The molecule has 1 atom stereocenters. The predicted molar refractivity (Wildman–Crippen MR) is 82.4 cm³/mol. The van der Waals surface area contributed by atoms with Crippen LogP contribution >= 0.6 is 0 Å². The molecule has 0 aliphatic rings. The Morgan fingerprint density at radius 2 is 2.05 bits per heavy atom. The van der Waals surface area contributed by atoms with Crippen molar-refractivity contribution in [2.24, 2.45) is 0 Å². The van der Waals surface area contributed by atoms with Gasteiger partial charge in [-0.15, -0.1) is 0 Å². The van der Waals surface area contributed by atoms with Crippen molar-refractivity contribution in [2.75, 3.05) is 11.9 Å². The van der Waals surface area contributed by atoms with Gasteiger partial charge in [-0.1, -0.05) is 6.07 Å². The molecule has 0 radical (unpaired) electrons. The highest BCUT2D eigenvalue weighted by molar-refractivity contribution is 5.89. The smallest absolute Gasteiger partial charge is 0.319 e. The number of nitrogens with one attached hydrogen (secondary N) is 2. The highest BCUT2D eigenvalue weighted by Gasteiger charge is 2.09. The van der Waals surface area contributed by atoms with Crippen LogP contribution in [0, 0.1) is 0 Å². The molecule has 5 heteroatoms. The van der Waals surface area contributed by atoms with E-state index in [1.54, 1.807) is 18.5 Å². The zero-order valence-electron chi connectivity index (χ0n) is 12.2. The molecule has 2 rings (SSSR count). The van der Waals surface area contributed by atoms with Crippen molar-refractivity contribution < 1.29 is 9.53 Å². The minimum absolute atomic E-state index is 0.0944. The van der Waals surface area contributed by atoms with E-state index in [9.17, 15) is 4.79 Å². The summed E-state index contributed by atoms with van der Waals surface area (Å²) in [6.45, 7) is 4.43. The summed E-state index contributed by atoms with van der Waals surface area (Å²) in [6.07, 6.45) is 3.41. The Morgan fingerprint density at radius 3 is 2.76 bits per heavy atom. The Labute approximate surface area is 124 Å². The van der Waals surface area contributed by atoms with Gasteiger partial charge >= 0.3 is 6.03 Å². The molecule has 0 saturated carbocycles. The first-order valence-corrected chi connectivity index (χ1v) is 6.89. The Kier molecular flexibility index (Phi) is 5.15. The lowest BCUT2D eigenvalue weighted by molar-refractivity contribution is 0.249. The Bertz CT molecular complexity index is 587. The zero-order chi connectivity index (χ0) is 15.1. The molecule has 110 valence electrons. The summed E-state index contributed by atoms with van der Waals surface area (Å²) in [5.74, 6) is 0.734. The SMILES string of the molecule is CCOc1cccc(NC(=O)NC(C)c2ccncc2)c1. The first-order valence-electron chi connectivity index (χ1n) is 6.89. The van der Waals surface area contributed by atoms with Crippen LogP contribution in [0.15, 0.2) is 48.8 Å². The summed E-state index contributed by atoms with van der Waals surface area (Å²) in [4.78, 5) is 15.9. The summed E-state index contributed by atoms with van der Waals surface area (Å²) in [5.41, 5.74) is 1.70. The van der Waals surface area contributed by atoms with E-state index in [1.807, 2.05) is 44.2 Å². The van der Waals surface area contributed by atoms with Crippen LogP contribution < -0.4 is 15.4 Å². The monoisotopic (exact) mass is 285 g/mol. The third kappa shape index (κ3) is 4.49. The van der Waals surface area contributed by atoms with Crippen LogP contribution in [0.25, 0.3) is 0 Å². The molecule has 1 aromatic carbocycles. The highest BCUT2D eigenvalue weighted by Crippen LogP contribution is 2.17. The Balaban J connectivity index is 1.94. The van der Waals surface area contributed by atoms with Crippen molar-refractivity contribution in [2.45, 2.75) is 19.9 Å². The number of pyridine rings is 1. The van der Waals surface area contributed by atoms with E-state index in [4.69, 9.17) is 4.74 Å². The number of ether oxygens (including phenoxy) is 1. The third-order valence-corrected chi connectivity index (χ3v) is 2.96. The van der Waals surface area contributed by atoms with Gasteiger partial charge in [0.15, 0.2) is 0 Å². The average molecular weight is 285 g/mol. The predicted octanol–water partition coefficient (Wildman–Crippen LogP) is 3.36. The molecular formula is C16H19N3O2. The number of carbonyl (C=O) groups is 1. The largest absolute Gasteiger partial charge is 0.494 e. The van der Waals surface area contributed by atoms with Gasteiger partial charge in [0.25, 0.3) is 0 Å². The number of anilines is 1. The van der Waals surface area contributed by atoms with Crippen LogP contribution in [0.1, 0.15) is 25.5 Å². The maximum absolute atomic E-state index is 12.0. The van der Waals surface area contributed by atoms with E-state index in [0.717, 1.165) is 11.3 Å². The molecule has 2 amide bonds. The van der Waals surface area contributed by atoms with Crippen LogP contribution in [0.3, 0.4) is 0 Å². The highest BCUT2D eigenvalue weighted by atomic mass is 16.5. The van der Waals surface area contributed by atoms with Gasteiger partial charge in [0.05, 0.1) is 12.6 Å². The molecule has 0 saturated heterocycles. The van der Waals surface area contributed by atoms with Gasteiger partial charge in [-0.05, 0) is 43.7 Å². The van der Waals surface area contributed by atoms with E-state index < -0.39 is 0 Å². The summed E-state index contributed by atoms with van der Waals surface area (Å²) in [6, 6.07) is 10.7. The molecule has 0 bridgehead atoms. The molecule has 0 aliphatic heterocycles. The van der Waals surface area contributed by atoms with Crippen LogP contribution in [0.4, 0.5) is 10.5 Å². The Hall–Kier alpha value is -2.56. The molecule has 2 aromatic rings. The van der Waals surface area contributed by atoms with E-state index in [0.29, 0.717) is 12.3 Å². The number of hydrogen-bond donors (Lipinski definition) is 2. The number of carbonyl (C=O) groups excluding carboxylic acids is 1. The first-order chi connectivity index (χ1) is 10.2. The minimum Gasteiger partial charge on any atom is -0.494 e. The van der Waals surface area contributed by atoms with Gasteiger partial charge < -0.3 is 15.4 Å². The summed E-state index contributed by atoms with van der Waals surface area (Å²) < 4.78 is 5.40. The van der Waals surface area contributed by atoms with E-state index in [2.05, 4.69) is 15.6 Å². The van der Waals surface area contributed by atoms with Crippen LogP contribution in [-0.4, -0.2) is 17.6 Å². The van der Waals surface area contributed by atoms with Gasteiger partial charge in [0.2, 0.25) is 0 Å². The number of aromatic nitrogens is 1. The zero-order valence-corrected chi connectivity index (χ0v) is 12.2. The Morgan fingerprint density at radius 1 is 1.29 bits per heavy atom. The lowest BCUT2D eigenvalue weighted by Gasteiger charge is -2.15. The number of amides is 2. The summed E-state index contributed by atoms with van der Waals surface area (Å²) in [5, 5.41) is 5.67. The maximum Gasteiger partial charge on any atom is 0.319 e. The van der Waals surface area contributed by atoms with Gasteiger partial charge in [-0.2, -0.15) is 0 Å².